The molecule has 2 N–H and O–H groups in total. The lowest BCUT2D eigenvalue weighted by Gasteiger charge is -2.39. The van der Waals surface area contributed by atoms with Gasteiger partial charge >= 0.3 is 6.03 Å². The van der Waals surface area contributed by atoms with E-state index in [9.17, 15) is 18.0 Å². The third kappa shape index (κ3) is 7.11. The van der Waals surface area contributed by atoms with Crippen molar-refractivity contribution < 1.29 is 27.5 Å². The van der Waals surface area contributed by atoms with E-state index in [-0.39, 0.29) is 36.8 Å². The maximum Gasteiger partial charge on any atom is 0.321 e. The van der Waals surface area contributed by atoms with E-state index in [1.165, 1.54) is 37.3 Å². The number of para-hydroxylation sites is 1. The zero-order valence-corrected chi connectivity index (χ0v) is 26.2. The van der Waals surface area contributed by atoms with Gasteiger partial charge in [0.1, 0.15) is 6.04 Å². The molecule has 0 bridgehead atoms. The Morgan fingerprint density at radius 3 is 2.24 bits per heavy atom. The van der Waals surface area contributed by atoms with Crippen molar-refractivity contribution in [3.8, 4) is 22.6 Å². The molecule has 10 nitrogen and oxygen atoms in total. The predicted octanol–water partition coefficient (Wildman–Crippen LogP) is 4.90. The first-order valence-electron chi connectivity index (χ1n) is 14.5. The Morgan fingerprint density at radius 2 is 1.53 bits per heavy atom. The number of ether oxygens (including phenoxy) is 2. The number of piperazine rings is 1. The second-order valence-corrected chi connectivity index (χ2v) is 12.5. The highest BCUT2D eigenvalue weighted by Crippen LogP contribution is 2.32. The van der Waals surface area contributed by atoms with Crippen LogP contribution in [0.1, 0.15) is 11.1 Å². The molecule has 1 unspecified atom stereocenters. The molecule has 0 aromatic heterocycles. The number of amides is 3. The lowest BCUT2D eigenvalue weighted by Crippen LogP contribution is -2.61. The first-order valence-corrected chi connectivity index (χ1v) is 15.9. The summed E-state index contributed by atoms with van der Waals surface area (Å²) in [7, 11) is -1.29. The number of carbonyl (C=O) groups is 2. The van der Waals surface area contributed by atoms with Gasteiger partial charge in [-0.05, 0) is 36.2 Å². The van der Waals surface area contributed by atoms with Gasteiger partial charge in [-0.15, -0.1) is 0 Å². The van der Waals surface area contributed by atoms with Crippen molar-refractivity contribution in [1.82, 2.24) is 14.5 Å². The van der Waals surface area contributed by atoms with Crippen LogP contribution in [0.2, 0.25) is 0 Å². The summed E-state index contributed by atoms with van der Waals surface area (Å²) in [4.78, 5) is 28.7. The van der Waals surface area contributed by atoms with E-state index in [1.807, 2.05) is 85.8 Å². The van der Waals surface area contributed by atoms with Gasteiger partial charge in [0, 0.05) is 37.8 Å². The molecule has 5 rings (SSSR count). The number of anilines is 1. The third-order valence-corrected chi connectivity index (χ3v) is 9.63. The van der Waals surface area contributed by atoms with Crippen molar-refractivity contribution >= 4 is 27.6 Å². The highest BCUT2D eigenvalue weighted by molar-refractivity contribution is 7.89. The molecule has 1 aliphatic heterocycles. The van der Waals surface area contributed by atoms with Gasteiger partial charge in [0.05, 0.1) is 24.8 Å². The molecule has 0 aliphatic carbocycles. The second kappa shape index (κ2) is 13.8. The summed E-state index contributed by atoms with van der Waals surface area (Å²) in [5.41, 5.74) is 4.33. The fraction of sp³-hybridized carbons (Fsp3) is 0.235. The third-order valence-electron chi connectivity index (χ3n) is 7.72. The molecule has 234 valence electrons. The summed E-state index contributed by atoms with van der Waals surface area (Å²) in [6.45, 7) is 2.02. The Bertz CT molecular complexity index is 1760. The van der Waals surface area contributed by atoms with Crippen LogP contribution in [0.3, 0.4) is 0 Å². The average Bonchev–Trinajstić information content (AvgIpc) is 3.07. The van der Waals surface area contributed by atoms with E-state index in [4.69, 9.17) is 9.47 Å². The molecular weight excluding hydrogens is 592 g/mol. The van der Waals surface area contributed by atoms with Crippen LogP contribution >= 0.6 is 0 Å². The van der Waals surface area contributed by atoms with E-state index in [0.717, 1.165) is 26.6 Å². The summed E-state index contributed by atoms with van der Waals surface area (Å²) in [6, 6.07) is 27.5. The van der Waals surface area contributed by atoms with E-state index in [1.54, 1.807) is 0 Å². The van der Waals surface area contributed by atoms with Crippen LogP contribution in [0, 0.1) is 6.92 Å². The molecule has 11 heteroatoms. The molecule has 4 aromatic rings. The highest BCUT2D eigenvalue weighted by Gasteiger charge is 2.41. The fourth-order valence-corrected chi connectivity index (χ4v) is 6.82. The maximum absolute atomic E-state index is 14.0. The fourth-order valence-electron chi connectivity index (χ4n) is 5.23. The van der Waals surface area contributed by atoms with E-state index >= 15 is 0 Å². The molecule has 0 spiro atoms. The molecule has 4 aromatic carbocycles. The number of aryl methyl sites for hydroxylation is 1. The molecule has 1 aliphatic rings. The number of nitrogens with one attached hydrogen (secondary N) is 2. The molecule has 0 saturated carbocycles. The number of carbonyl (C=O) groups excluding carboxylic acids is 2. The summed E-state index contributed by atoms with van der Waals surface area (Å²) < 4.78 is 39.7. The Labute approximate surface area is 263 Å². The Kier molecular flexibility index (Phi) is 9.70. The zero-order chi connectivity index (χ0) is 32.0. The molecule has 3 amide bonds. The van der Waals surface area contributed by atoms with Crippen molar-refractivity contribution in [2.75, 3.05) is 39.2 Å². The van der Waals surface area contributed by atoms with Gasteiger partial charge in [0.25, 0.3) is 0 Å². The van der Waals surface area contributed by atoms with Crippen molar-refractivity contribution in [3.05, 3.63) is 108 Å². The summed E-state index contributed by atoms with van der Waals surface area (Å²) >= 11 is 0. The molecule has 45 heavy (non-hydrogen) atoms. The van der Waals surface area contributed by atoms with Crippen LogP contribution < -0.4 is 20.1 Å². The van der Waals surface area contributed by atoms with Gasteiger partial charge in [-0.3, -0.25) is 4.79 Å². The van der Waals surface area contributed by atoms with Gasteiger partial charge in [-0.2, -0.15) is 4.31 Å². The van der Waals surface area contributed by atoms with E-state index < -0.39 is 28.0 Å². The van der Waals surface area contributed by atoms with Crippen molar-refractivity contribution in [1.29, 1.82) is 0 Å². The van der Waals surface area contributed by atoms with Gasteiger partial charge in [0.15, 0.2) is 11.5 Å². The molecule has 1 heterocycles. The van der Waals surface area contributed by atoms with Gasteiger partial charge in [0.2, 0.25) is 15.9 Å². The zero-order valence-electron chi connectivity index (χ0n) is 25.4. The van der Waals surface area contributed by atoms with Crippen molar-refractivity contribution in [2.24, 2.45) is 0 Å². The lowest BCUT2D eigenvalue weighted by molar-refractivity contribution is -0.126. The largest absolute Gasteiger partial charge is 0.493 e. The van der Waals surface area contributed by atoms with Crippen LogP contribution in [-0.2, 0) is 21.4 Å². The topological polar surface area (TPSA) is 117 Å². The summed E-state index contributed by atoms with van der Waals surface area (Å²) in [5, 5.41) is 5.85. The van der Waals surface area contributed by atoms with Crippen LogP contribution in [0.25, 0.3) is 11.1 Å². The van der Waals surface area contributed by atoms with Gasteiger partial charge < -0.3 is 25.0 Å². The quantitative estimate of drug-likeness (QED) is 0.272. The molecule has 1 fully saturated rings. The average molecular weight is 629 g/mol. The molecule has 0 radical (unpaired) electrons. The Balaban J connectivity index is 1.41. The van der Waals surface area contributed by atoms with Crippen LogP contribution in [0.4, 0.5) is 10.5 Å². The maximum atomic E-state index is 14.0. The summed E-state index contributed by atoms with van der Waals surface area (Å²) in [6.07, 6.45) is 0. The normalized spacial score (nSPS) is 15.3. The minimum atomic E-state index is -4.17. The number of hydrogen-bond donors (Lipinski definition) is 2. The van der Waals surface area contributed by atoms with Gasteiger partial charge in [-0.1, -0.05) is 78.4 Å². The minimum absolute atomic E-state index is 0.0498. The molecule has 1 atom stereocenters. The number of hydrogen-bond acceptors (Lipinski definition) is 6. The second-order valence-electron chi connectivity index (χ2n) is 10.6. The first kappa shape index (κ1) is 31.6. The van der Waals surface area contributed by atoms with E-state index in [2.05, 4.69) is 10.6 Å². The summed E-state index contributed by atoms with van der Waals surface area (Å²) in [5.74, 6) is 0.108. The van der Waals surface area contributed by atoms with Gasteiger partial charge in [-0.25, -0.2) is 13.2 Å². The predicted molar refractivity (Wildman–Crippen MR) is 173 cm³/mol. The standard InChI is InChI=1S/C34H36N4O6S/c1-24-13-15-25(16-14-24)22-35-33(39)30-23-37(34(40)36-29-12-8-7-11-28(29)26-9-5-4-6-10-26)19-20-38(30)45(41,42)27-17-18-31(43-2)32(21-27)44-3/h4-18,21,30H,19-20,22-23H2,1-3H3,(H,35,39)(H,36,40). The van der Waals surface area contributed by atoms with Crippen LogP contribution in [0.15, 0.2) is 102 Å². The number of benzene rings is 4. The van der Waals surface area contributed by atoms with Crippen LogP contribution in [0.5, 0.6) is 11.5 Å². The molecule has 1 saturated heterocycles. The van der Waals surface area contributed by atoms with Crippen LogP contribution in [-0.4, -0.2) is 69.5 Å². The van der Waals surface area contributed by atoms with E-state index in [0.29, 0.717) is 11.4 Å². The lowest BCUT2D eigenvalue weighted by atomic mass is 10.0. The Hall–Kier alpha value is -4.87. The first-order chi connectivity index (χ1) is 21.7. The number of methoxy groups -OCH3 is 2. The minimum Gasteiger partial charge on any atom is -0.493 e. The number of rotatable bonds is 9. The molecular formula is C34H36N4O6S. The Morgan fingerprint density at radius 1 is 0.844 bits per heavy atom. The smallest absolute Gasteiger partial charge is 0.321 e. The monoisotopic (exact) mass is 628 g/mol. The highest BCUT2D eigenvalue weighted by atomic mass is 32.2. The van der Waals surface area contributed by atoms with Crippen molar-refractivity contribution in [3.63, 3.8) is 0 Å². The number of urea groups is 1. The number of nitrogens with zero attached hydrogens (tertiary/aromatic N) is 2. The SMILES string of the molecule is COc1ccc(S(=O)(=O)N2CCN(C(=O)Nc3ccccc3-c3ccccc3)CC2C(=O)NCc2ccc(C)cc2)cc1OC. The number of sulfonamides is 1. The van der Waals surface area contributed by atoms with Crippen molar-refractivity contribution in [2.45, 2.75) is 24.4 Å².